The minimum Gasteiger partial charge on any atom is -0.356 e. The standard InChI is InChI=1S/C24H28N5O2/c30-22-13-12-17(18-8-2-3-9-19(18)27-22)16-23(31)25-14-6-1-7-15-26-24-28-20-10-4-5-11-21(20)29-24/h2-5,8-11,17H,1,6-7,12-16H2,(H,25,31)(H2,26,28,29). The molecule has 0 saturated heterocycles. The molecule has 31 heavy (non-hydrogen) atoms. The van der Waals surface area contributed by atoms with Gasteiger partial charge in [-0.15, -0.1) is 0 Å². The van der Waals surface area contributed by atoms with E-state index in [0.717, 1.165) is 48.4 Å². The Labute approximate surface area is 182 Å². The molecule has 0 saturated carbocycles. The molecule has 161 valence electrons. The third-order valence-corrected chi connectivity index (χ3v) is 5.62. The summed E-state index contributed by atoms with van der Waals surface area (Å²) in [5, 5.41) is 10.5. The zero-order valence-corrected chi connectivity index (χ0v) is 17.6. The Morgan fingerprint density at radius 1 is 1.03 bits per heavy atom. The number of carbonyl (C=O) groups excluding carboxylic acids is 2. The van der Waals surface area contributed by atoms with Crippen molar-refractivity contribution in [3.8, 4) is 0 Å². The zero-order chi connectivity index (χ0) is 21.5. The lowest BCUT2D eigenvalue weighted by atomic mass is 9.91. The van der Waals surface area contributed by atoms with E-state index in [9.17, 15) is 9.59 Å². The first-order valence-corrected chi connectivity index (χ1v) is 11.0. The molecule has 1 radical (unpaired) electrons. The largest absolute Gasteiger partial charge is 0.356 e. The van der Waals surface area contributed by atoms with E-state index in [-0.39, 0.29) is 17.7 Å². The van der Waals surface area contributed by atoms with Crippen molar-refractivity contribution in [3.05, 3.63) is 54.1 Å². The third kappa shape index (κ3) is 5.63. The quantitative estimate of drug-likeness (QED) is 0.457. The second-order valence-corrected chi connectivity index (χ2v) is 7.94. The van der Waals surface area contributed by atoms with Crippen molar-refractivity contribution in [2.75, 3.05) is 18.4 Å². The van der Waals surface area contributed by atoms with Crippen LogP contribution < -0.4 is 16.0 Å². The zero-order valence-electron chi connectivity index (χ0n) is 17.6. The minimum absolute atomic E-state index is 0.0366. The number of H-pyrrole nitrogens is 1. The topological polar surface area (TPSA) is 101 Å². The van der Waals surface area contributed by atoms with Crippen molar-refractivity contribution in [1.82, 2.24) is 20.6 Å². The Morgan fingerprint density at radius 2 is 1.84 bits per heavy atom. The average Bonchev–Trinajstić information content (AvgIpc) is 3.12. The molecule has 2 amide bonds. The number of hydrogen-bond donors (Lipinski definition) is 3. The highest BCUT2D eigenvalue weighted by atomic mass is 16.2. The molecule has 7 nitrogen and oxygen atoms in total. The number of para-hydroxylation sites is 3. The summed E-state index contributed by atoms with van der Waals surface area (Å²) in [4.78, 5) is 32.0. The van der Waals surface area contributed by atoms with Crippen molar-refractivity contribution >= 4 is 34.5 Å². The molecule has 7 heteroatoms. The van der Waals surface area contributed by atoms with Gasteiger partial charge in [-0.3, -0.25) is 9.59 Å². The molecule has 0 fully saturated rings. The number of amides is 2. The van der Waals surface area contributed by atoms with Crippen LogP contribution in [0.25, 0.3) is 11.0 Å². The number of nitrogens with one attached hydrogen (secondary N) is 3. The van der Waals surface area contributed by atoms with Gasteiger partial charge in [0.15, 0.2) is 0 Å². The first-order valence-electron chi connectivity index (χ1n) is 11.0. The molecule has 3 N–H and O–H groups in total. The summed E-state index contributed by atoms with van der Waals surface area (Å²) >= 11 is 0. The molecule has 1 unspecified atom stereocenters. The minimum atomic E-state index is -0.105. The SMILES string of the molecule is O=C1CCC(CC(=O)NCCCCCNc2nc3ccccc3[nH]2)c2ccccc2[N]1. The summed E-state index contributed by atoms with van der Waals surface area (Å²) in [7, 11) is 0. The number of anilines is 1. The summed E-state index contributed by atoms with van der Waals surface area (Å²) in [6, 6.07) is 15.6. The van der Waals surface area contributed by atoms with Crippen LogP contribution in [0, 0.1) is 0 Å². The van der Waals surface area contributed by atoms with E-state index >= 15 is 0 Å². The number of hydrogen-bond acceptors (Lipinski definition) is 4. The summed E-state index contributed by atoms with van der Waals surface area (Å²) in [5.41, 5.74) is 3.70. The van der Waals surface area contributed by atoms with E-state index in [1.54, 1.807) is 0 Å². The van der Waals surface area contributed by atoms with E-state index in [1.165, 1.54) is 0 Å². The Bertz CT molecular complexity index is 1010. The van der Waals surface area contributed by atoms with Gasteiger partial charge in [-0.1, -0.05) is 30.3 Å². The number of fused-ring (bicyclic) bond motifs is 2. The molecule has 0 aliphatic carbocycles. The monoisotopic (exact) mass is 418 g/mol. The van der Waals surface area contributed by atoms with Gasteiger partial charge in [-0.2, -0.15) is 0 Å². The lowest BCUT2D eigenvalue weighted by Gasteiger charge is -2.16. The first kappa shape index (κ1) is 20.9. The normalized spacial score (nSPS) is 15.7. The maximum absolute atomic E-state index is 12.4. The highest BCUT2D eigenvalue weighted by Gasteiger charge is 2.24. The Morgan fingerprint density at radius 3 is 2.74 bits per heavy atom. The molecule has 0 spiro atoms. The van der Waals surface area contributed by atoms with E-state index in [1.807, 2.05) is 48.5 Å². The predicted octanol–water partition coefficient (Wildman–Crippen LogP) is 3.99. The van der Waals surface area contributed by atoms with Gasteiger partial charge < -0.3 is 15.6 Å². The lowest BCUT2D eigenvalue weighted by molar-refractivity contribution is -0.122. The van der Waals surface area contributed by atoms with Crippen LogP contribution in [0.15, 0.2) is 48.5 Å². The summed E-state index contributed by atoms with van der Waals surface area (Å²) in [6.07, 6.45) is 4.42. The molecule has 1 aromatic heterocycles. The average molecular weight is 419 g/mol. The van der Waals surface area contributed by atoms with Gasteiger partial charge in [-0.25, -0.2) is 10.3 Å². The fourth-order valence-electron chi connectivity index (χ4n) is 3.98. The third-order valence-electron chi connectivity index (χ3n) is 5.62. The lowest BCUT2D eigenvalue weighted by Crippen LogP contribution is -2.26. The Balaban J connectivity index is 1.13. The Hall–Kier alpha value is -3.35. The van der Waals surface area contributed by atoms with Crippen LogP contribution in [0.3, 0.4) is 0 Å². The summed E-state index contributed by atoms with van der Waals surface area (Å²) in [6.45, 7) is 1.51. The van der Waals surface area contributed by atoms with Crippen LogP contribution in [0.1, 0.15) is 50.0 Å². The number of unbranched alkanes of at least 4 members (excludes halogenated alkanes) is 2. The predicted molar refractivity (Wildman–Crippen MR) is 121 cm³/mol. The maximum Gasteiger partial charge on any atom is 0.246 e. The number of benzene rings is 2. The van der Waals surface area contributed by atoms with Gasteiger partial charge in [0.2, 0.25) is 17.8 Å². The fourth-order valence-corrected chi connectivity index (χ4v) is 3.98. The van der Waals surface area contributed by atoms with Gasteiger partial charge in [0.05, 0.1) is 16.7 Å². The van der Waals surface area contributed by atoms with Crippen LogP contribution >= 0.6 is 0 Å². The molecule has 1 aliphatic heterocycles. The Kier molecular flexibility index (Phi) is 6.82. The maximum atomic E-state index is 12.4. The summed E-state index contributed by atoms with van der Waals surface area (Å²) < 4.78 is 0. The van der Waals surface area contributed by atoms with Gasteiger partial charge in [-0.05, 0) is 55.4 Å². The number of aromatic nitrogens is 2. The molecular formula is C24H28N5O2. The van der Waals surface area contributed by atoms with Crippen molar-refractivity contribution in [3.63, 3.8) is 0 Å². The number of rotatable bonds is 9. The van der Waals surface area contributed by atoms with Gasteiger partial charge in [0.25, 0.3) is 0 Å². The number of imidazole rings is 1. The molecule has 3 aromatic rings. The van der Waals surface area contributed by atoms with Crippen molar-refractivity contribution < 1.29 is 9.59 Å². The van der Waals surface area contributed by atoms with Crippen molar-refractivity contribution in [2.45, 2.75) is 44.4 Å². The van der Waals surface area contributed by atoms with Crippen LogP contribution in [-0.2, 0) is 9.59 Å². The van der Waals surface area contributed by atoms with E-state index in [2.05, 4.69) is 25.9 Å². The first-order chi connectivity index (χ1) is 15.2. The van der Waals surface area contributed by atoms with Gasteiger partial charge >= 0.3 is 0 Å². The second kappa shape index (κ2) is 10.1. The number of carbonyl (C=O) groups is 2. The van der Waals surface area contributed by atoms with Gasteiger partial charge in [0.1, 0.15) is 0 Å². The molecule has 0 bridgehead atoms. The number of nitrogens with zero attached hydrogens (tertiary/aromatic N) is 2. The van der Waals surface area contributed by atoms with Crippen molar-refractivity contribution in [1.29, 1.82) is 0 Å². The van der Waals surface area contributed by atoms with E-state index in [4.69, 9.17) is 0 Å². The number of aromatic amines is 1. The molecule has 1 aliphatic rings. The van der Waals surface area contributed by atoms with E-state index < -0.39 is 0 Å². The van der Waals surface area contributed by atoms with Crippen LogP contribution in [-0.4, -0.2) is 34.9 Å². The smallest absolute Gasteiger partial charge is 0.246 e. The van der Waals surface area contributed by atoms with Gasteiger partial charge in [0, 0.05) is 25.9 Å². The summed E-state index contributed by atoms with van der Waals surface area (Å²) in [5.74, 6) is 0.768. The molecule has 2 aromatic carbocycles. The van der Waals surface area contributed by atoms with Crippen LogP contribution in [0.2, 0.25) is 0 Å². The van der Waals surface area contributed by atoms with Crippen molar-refractivity contribution in [2.24, 2.45) is 0 Å². The molecule has 1 atom stereocenters. The van der Waals surface area contributed by atoms with E-state index in [0.29, 0.717) is 31.5 Å². The fraction of sp³-hybridized carbons (Fsp3) is 0.375. The highest BCUT2D eigenvalue weighted by molar-refractivity contribution is 5.83. The molecular weight excluding hydrogens is 390 g/mol. The highest BCUT2D eigenvalue weighted by Crippen LogP contribution is 2.33. The van der Waals surface area contributed by atoms with Crippen LogP contribution in [0.5, 0.6) is 0 Å². The second-order valence-electron chi connectivity index (χ2n) is 7.94. The van der Waals surface area contributed by atoms with Crippen LogP contribution in [0.4, 0.5) is 11.6 Å². The molecule has 4 rings (SSSR count). The molecule has 2 heterocycles.